The summed E-state index contributed by atoms with van der Waals surface area (Å²) in [6.45, 7) is 2.89. The first-order valence-corrected chi connectivity index (χ1v) is 10.5. The van der Waals surface area contributed by atoms with Crippen LogP contribution in [0.1, 0.15) is 30.4 Å². The number of esters is 1. The molecule has 3 rings (SSSR count). The average molecular weight is 424 g/mol. The van der Waals surface area contributed by atoms with Gasteiger partial charge < -0.3 is 19.7 Å². The normalized spacial score (nSPS) is 13.2. The van der Waals surface area contributed by atoms with Gasteiger partial charge in [0.1, 0.15) is 12.4 Å². The Kier molecular flexibility index (Phi) is 8.04. The van der Waals surface area contributed by atoms with E-state index in [-0.39, 0.29) is 31.6 Å². The lowest BCUT2D eigenvalue weighted by atomic mass is 10.1. The Morgan fingerprint density at radius 1 is 1.06 bits per heavy atom. The number of rotatable bonds is 10. The highest BCUT2D eigenvalue weighted by Gasteiger charge is 2.21. The summed E-state index contributed by atoms with van der Waals surface area (Å²) in [5.74, 6) is 0.0633. The lowest BCUT2D eigenvalue weighted by Gasteiger charge is -2.16. The standard InChI is InChI=1S/C24H28N2O5/c1-18-4-6-19(7-5-18)8-13-22(27)25-14-16-30-24(29)17-31-21-11-9-20(10-12-21)26-15-2-3-23(26)28/h4-7,9-12H,2-3,8,13-17H2,1H3,(H,25,27). The Balaban J connectivity index is 1.27. The number of nitrogens with zero attached hydrogens (tertiary/aromatic N) is 1. The zero-order valence-electron chi connectivity index (χ0n) is 17.8. The first-order chi connectivity index (χ1) is 15.0. The van der Waals surface area contributed by atoms with Crippen LogP contribution >= 0.6 is 0 Å². The molecule has 7 heteroatoms. The molecule has 31 heavy (non-hydrogen) atoms. The van der Waals surface area contributed by atoms with Crippen LogP contribution < -0.4 is 15.0 Å². The molecule has 2 aromatic carbocycles. The lowest BCUT2D eigenvalue weighted by molar-refractivity contribution is -0.146. The van der Waals surface area contributed by atoms with Crippen LogP contribution in [0.25, 0.3) is 0 Å². The van der Waals surface area contributed by atoms with Gasteiger partial charge in [-0.1, -0.05) is 29.8 Å². The average Bonchev–Trinajstić information content (AvgIpc) is 3.21. The molecule has 1 fully saturated rings. The van der Waals surface area contributed by atoms with Crippen LogP contribution in [0.15, 0.2) is 48.5 Å². The van der Waals surface area contributed by atoms with Crippen molar-refractivity contribution in [2.75, 3.05) is 31.2 Å². The van der Waals surface area contributed by atoms with Gasteiger partial charge in [0.05, 0.1) is 6.54 Å². The summed E-state index contributed by atoms with van der Waals surface area (Å²) in [5, 5.41) is 2.74. The van der Waals surface area contributed by atoms with Gasteiger partial charge in [-0.3, -0.25) is 9.59 Å². The SMILES string of the molecule is Cc1ccc(CCC(=O)NCCOC(=O)COc2ccc(N3CCCC3=O)cc2)cc1. The Morgan fingerprint density at radius 3 is 2.48 bits per heavy atom. The molecule has 1 aliphatic rings. The van der Waals surface area contributed by atoms with Crippen molar-refractivity contribution in [3.8, 4) is 5.75 Å². The minimum absolute atomic E-state index is 0.0792. The highest BCUT2D eigenvalue weighted by molar-refractivity contribution is 5.95. The number of benzene rings is 2. The maximum Gasteiger partial charge on any atom is 0.344 e. The number of carbonyl (C=O) groups excluding carboxylic acids is 3. The van der Waals surface area contributed by atoms with E-state index < -0.39 is 5.97 Å². The zero-order valence-corrected chi connectivity index (χ0v) is 17.8. The largest absolute Gasteiger partial charge is 0.482 e. The summed E-state index contributed by atoms with van der Waals surface area (Å²) in [6, 6.07) is 15.1. The molecular weight excluding hydrogens is 396 g/mol. The number of carbonyl (C=O) groups is 3. The summed E-state index contributed by atoms with van der Waals surface area (Å²) in [7, 11) is 0. The van der Waals surface area contributed by atoms with E-state index in [4.69, 9.17) is 9.47 Å². The van der Waals surface area contributed by atoms with Gasteiger partial charge in [-0.25, -0.2) is 4.79 Å². The molecule has 1 heterocycles. The molecule has 0 aliphatic carbocycles. The number of anilines is 1. The molecule has 0 aromatic heterocycles. The number of hydrogen-bond acceptors (Lipinski definition) is 5. The molecule has 164 valence electrons. The molecule has 1 N–H and O–H groups in total. The summed E-state index contributed by atoms with van der Waals surface area (Å²) < 4.78 is 10.5. The van der Waals surface area contributed by atoms with Gasteiger partial charge in [-0.15, -0.1) is 0 Å². The molecule has 0 unspecified atom stereocenters. The van der Waals surface area contributed by atoms with E-state index in [0.717, 1.165) is 24.2 Å². The van der Waals surface area contributed by atoms with Gasteiger partial charge in [-0.05, 0) is 49.6 Å². The van der Waals surface area contributed by atoms with Crippen LogP contribution in [0.2, 0.25) is 0 Å². The van der Waals surface area contributed by atoms with E-state index in [0.29, 0.717) is 25.0 Å². The fraction of sp³-hybridized carbons (Fsp3) is 0.375. The van der Waals surface area contributed by atoms with E-state index in [1.165, 1.54) is 5.56 Å². The van der Waals surface area contributed by atoms with Crippen LogP contribution in [0.3, 0.4) is 0 Å². The molecule has 2 amide bonds. The van der Waals surface area contributed by atoms with Gasteiger partial charge >= 0.3 is 5.97 Å². The smallest absolute Gasteiger partial charge is 0.344 e. The maximum absolute atomic E-state index is 11.9. The third-order valence-corrected chi connectivity index (χ3v) is 5.03. The van der Waals surface area contributed by atoms with Crippen molar-refractivity contribution in [1.82, 2.24) is 5.32 Å². The molecular formula is C24H28N2O5. The molecule has 1 saturated heterocycles. The lowest BCUT2D eigenvalue weighted by Crippen LogP contribution is -2.29. The van der Waals surface area contributed by atoms with Crippen molar-refractivity contribution < 1.29 is 23.9 Å². The molecule has 1 aliphatic heterocycles. The van der Waals surface area contributed by atoms with E-state index in [1.54, 1.807) is 29.2 Å². The second-order valence-electron chi connectivity index (χ2n) is 7.49. The number of nitrogens with one attached hydrogen (secondary N) is 1. The van der Waals surface area contributed by atoms with Gasteiger partial charge in [0.25, 0.3) is 0 Å². The van der Waals surface area contributed by atoms with Crippen molar-refractivity contribution in [3.05, 3.63) is 59.7 Å². The predicted octanol–water partition coefficient (Wildman–Crippen LogP) is 2.79. The van der Waals surface area contributed by atoms with Crippen LogP contribution in [0, 0.1) is 6.92 Å². The minimum atomic E-state index is -0.507. The minimum Gasteiger partial charge on any atom is -0.482 e. The second-order valence-corrected chi connectivity index (χ2v) is 7.49. The quantitative estimate of drug-likeness (QED) is 0.468. The molecule has 0 bridgehead atoms. The molecule has 7 nitrogen and oxygen atoms in total. The molecule has 0 spiro atoms. The van der Waals surface area contributed by atoms with Crippen LogP contribution in [0.5, 0.6) is 5.75 Å². The number of ether oxygens (including phenoxy) is 2. The summed E-state index contributed by atoms with van der Waals surface area (Å²) >= 11 is 0. The fourth-order valence-corrected chi connectivity index (χ4v) is 3.28. The number of amides is 2. The number of aryl methyl sites for hydroxylation is 2. The van der Waals surface area contributed by atoms with E-state index in [1.807, 2.05) is 31.2 Å². The fourth-order valence-electron chi connectivity index (χ4n) is 3.28. The Morgan fingerprint density at radius 2 is 1.81 bits per heavy atom. The third-order valence-electron chi connectivity index (χ3n) is 5.03. The van der Waals surface area contributed by atoms with Crippen molar-refractivity contribution in [3.63, 3.8) is 0 Å². The first-order valence-electron chi connectivity index (χ1n) is 10.5. The monoisotopic (exact) mass is 424 g/mol. The molecule has 0 atom stereocenters. The van der Waals surface area contributed by atoms with Gasteiger partial charge in [0, 0.05) is 25.1 Å². The summed E-state index contributed by atoms with van der Waals surface area (Å²) in [6.07, 6.45) is 2.51. The van der Waals surface area contributed by atoms with Crippen LogP contribution in [-0.4, -0.2) is 44.1 Å². The zero-order chi connectivity index (χ0) is 22.1. The highest BCUT2D eigenvalue weighted by atomic mass is 16.6. The summed E-state index contributed by atoms with van der Waals surface area (Å²) in [5.41, 5.74) is 3.13. The van der Waals surface area contributed by atoms with Crippen molar-refractivity contribution in [1.29, 1.82) is 0 Å². The van der Waals surface area contributed by atoms with Crippen molar-refractivity contribution in [2.45, 2.75) is 32.6 Å². The molecule has 0 saturated carbocycles. The van der Waals surface area contributed by atoms with E-state index in [9.17, 15) is 14.4 Å². The Bertz CT molecular complexity index is 893. The Labute approximate surface area is 182 Å². The predicted molar refractivity (Wildman–Crippen MR) is 117 cm³/mol. The van der Waals surface area contributed by atoms with E-state index >= 15 is 0 Å². The third kappa shape index (κ3) is 7.13. The molecule has 0 radical (unpaired) electrons. The summed E-state index contributed by atoms with van der Waals surface area (Å²) in [4.78, 5) is 37.2. The van der Waals surface area contributed by atoms with Crippen molar-refractivity contribution in [2.24, 2.45) is 0 Å². The van der Waals surface area contributed by atoms with Gasteiger partial charge in [0.15, 0.2) is 6.61 Å². The first kappa shape index (κ1) is 22.3. The maximum atomic E-state index is 11.9. The topological polar surface area (TPSA) is 84.9 Å². The van der Waals surface area contributed by atoms with Gasteiger partial charge in [-0.2, -0.15) is 0 Å². The highest BCUT2D eigenvalue weighted by Crippen LogP contribution is 2.23. The van der Waals surface area contributed by atoms with Crippen LogP contribution in [-0.2, 0) is 25.5 Å². The van der Waals surface area contributed by atoms with Gasteiger partial charge in [0.2, 0.25) is 11.8 Å². The van der Waals surface area contributed by atoms with Crippen molar-refractivity contribution >= 4 is 23.5 Å². The van der Waals surface area contributed by atoms with Crippen LogP contribution in [0.4, 0.5) is 5.69 Å². The van der Waals surface area contributed by atoms with E-state index in [2.05, 4.69) is 5.32 Å². The second kappa shape index (κ2) is 11.2. The number of hydrogen-bond donors (Lipinski definition) is 1. The molecule has 2 aromatic rings. The Hall–Kier alpha value is -3.35.